The van der Waals surface area contributed by atoms with E-state index in [0.717, 1.165) is 21.2 Å². The molecular formula is C23H22N4O2. The second-order valence-electron chi connectivity index (χ2n) is 7.52. The van der Waals surface area contributed by atoms with Crippen LogP contribution in [-0.2, 0) is 11.3 Å². The number of benzene rings is 2. The van der Waals surface area contributed by atoms with Crippen LogP contribution in [0.2, 0.25) is 0 Å². The second-order valence-corrected chi connectivity index (χ2v) is 7.52. The lowest BCUT2D eigenvalue weighted by Crippen LogP contribution is -2.48. The fourth-order valence-electron chi connectivity index (χ4n) is 3.63. The van der Waals surface area contributed by atoms with Crippen molar-refractivity contribution < 1.29 is 9.59 Å². The second kappa shape index (κ2) is 7.44. The molecular weight excluding hydrogens is 364 g/mol. The Bertz CT molecular complexity index is 1090. The molecule has 0 spiro atoms. The number of carbonyl (C=O) groups excluding carboxylic acids is 2. The predicted octanol–water partition coefficient (Wildman–Crippen LogP) is 3.10. The van der Waals surface area contributed by atoms with Crippen LogP contribution in [-0.4, -0.2) is 40.2 Å². The van der Waals surface area contributed by atoms with Gasteiger partial charge in [-0.25, -0.2) is 9.69 Å². The standard InChI is InChI=1S/C23H22N4O2/c1-4-26-13-19(21-25-20(15(2)3)14-27(21)23(26)29)22(28)24-12-17-10-7-9-16-8-5-6-11-18(16)17/h1,5-11,13,15,20H,12,14H2,2-3H3,(H,24,28)/t20-/m1/s1. The number of aliphatic imine (C=N–C) groups is 1. The van der Waals surface area contributed by atoms with Gasteiger partial charge in [-0.3, -0.25) is 14.7 Å². The zero-order chi connectivity index (χ0) is 20.5. The molecule has 0 unspecified atom stereocenters. The van der Waals surface area contributed by atoms with Crippen LogP contribution in [0.1, 0.15) is 19.4 Å². The number of rotatable bonds is 4. The van der Waals surface area contributed by atoms with E-state index < -0.39 is 0 Å². The third kappa shape index (κ3) is 3.36. The number of urea groups is 1. The maximum absolute atomic E-state index is 13.0. The Balaban J connectivity index is 1.60. The third-order valence-electron chi connectivity index (χ3n) is 5.32. The van der Waals surface area contributed by atoms with Gasteiger partial charge in [0.2, 0.25) is 0 Å². The predicted molar refractivity (Wildman–Crippen MR) is 113 cm³/mol. The summed E-state index contributed by atoms with van der Waals surface area (Å²) in [7, 11) is 0. The molecule has 2 aliphatic rings. The zero-order valence-corrected chi connectivity index (χ0v) is 16.4. The Morgan fingerprint density at radius 2 is 2.03 bits per heavy atom. The van der Waals surface area contributed by atoms with E-state index in [0.29, 0.717) is 24.5 Å². The SMILES string of the molecule is C#CN1C=C(C(=O)NCc2cccc3ccccc23)C2=N[C@@H](C(C)C)CN2C1=O. The fourth-order valence-corrected chi connectivity index (χ4v) is 3.63. The first-order chi connectivity index (χ1) is 14.0. The van der Waals surface area contributed by atoms with E-state index in [1.165, 1.54) is 11.1 Å². The molecule has 0 aliphatic carbocycles. The number of hydrogen-bond donors (Lipinski definition) is 1. The van der Waals surface area contributed by atoms with E-state index in [1.54, 1.807) is 0 Å². The molecule has 6 nitrogen and oxygen atoms in total. The molecule has 0 fully saturated rings. The third-order valence-corrected chi connectivity index (χ3v) is 5.32. The van der Waals surface area contributed by atoms with Crippen molar-refractivity contribution >= 4 is 28.5 Å². The molecule has 146 valence electrons. The zero-order valence-electron chi connectivity index (χ0n) is 16.4. The lowest BCUT2D eigenvalue weighted by Gasteiger charge is -2.28. The topological polar surface area (TPSA) is 65.0 Å². The van der Waals surface area contributed by atoms with Crippen molar-refractivity contribution in [2.45, 2.75) is 26.4 Å². The molecule has 1 N–H and O–H groups in total. The molecule has 0 saturated heterocycles. The largest absolute Gasteiger partial charge is 0.348 e. The Kier molecular flexibility index (Phi) is 4.81. The molecule has 29 heavy (non-hydrogen) atoms. The van der Waals surface area contributed by atoms with Crippen molar-refractivity contribution in [2.75, 3.05) is 6.54 Å². The fraction of sp³-hybridized carbons (Fsp3) is 0.261. The van der Waals surface area contributed by atoms with Crippen molar-refractivity contribution in [3.8, 4) is 12.5 Å². The van der Waals surface area contributed by atoms with E-state index in [1.807, 2.05) is 56.3 Å². The molecule has 2 aromatic rings. The Hall–Kier alpha value is -3.59. The van der Waals surface area contributed by atoms with E-state index >= 15 is 0 Å². The van der Waals surface area contributed by atoms with Crippen LogP contribution in [0.3, 0.4) is 0 Å². The van der Waals surface area contributed by atoms with E-state index in [4.69, 9.17) is 6.42 Å². The molecule has 2 aliphatic heterocycles. The van der Waals surface area contributed by atoms with Gasteiger partial charge in [0.1, 0.15) is 5.84 Å². The maximum Gasteiger partial charge on any atom is 0.341 e. The van der Waals surface area contributed by atoms with Crippen LogP contribution in [0.25, 0.3) is 10.8 Å². The summed E-state index contributed by atoms with van der Waals surface area (Å²) in [5, 5.41) is 5.16. The minimum Gasteiger partial charge on any atom is -0.348 e. The molecule has 4 rings (SSSR count). The lowest BCUT2D eigenvalue weighted by molar-refractivity contribution is -0.117. The summed E-state index contributed by atoms with van der Waals surface area (Å²) in [5.41, 5.74) is 1.33. The van der Waals surface area contributed by atoms with Crippen molar-refractivity contribution in [1.29, 1.82) is 0 Å². The van der Waals surface area contributed by atoms with Crippen LogP contribution in [0.15, 0.2) is 59.2 Å². The van der Waals surface area contributed by atoms with Gasteiger partial charge in [-0.05, 0) is 22.3 Å². The first kappa shape index (κ1) is 18.8. The molecule has 2 aromatic carbocycles. The molecule has 0 bridgehead atoms. The van der Waals surface area contributed by atoms with Crippen molar-refractivity contribution in [1.82, 2.24) is 15.1 Å². The van der Waals surface area contributed by atoms with Crippen LogP contribution >= 0.6 is 0 Å². The van der Waals surface area contributed by atoms with Crippen LogP contribution in [0.4, 0.5) is 4.79 Å². The number of carbonyl (C=O) groups is 2. The van der Waals surface area contributed by atoms with Crippen LogP contribution in [0.5, 0.6) is 0 Å². The number of terminal acetylenes is 1. The van der Waals surface area contributed by atoms with Crippen molar-refractivity contribution in [3.63, 3.8) is 0 Å². The summed E-state index contributed by atoms with van der Waals surface area (Å²) >= 11 is 0. The summed E-state index contributed by atoms with van der Waals surface area (Å²) in [4.78, 5) is 32.8. The highest BCUT2D eigenvalue weighted by Gasteiger charge is 2.40. The summed E-state index contributed by atoms with van der Waals surface area (Å²) in [5.74, 6) is 0.342. The maximum atomic E-state index is 13.0. The molecule has 0 radical (unpaired) electrons. The van der Waals surface area contributed by atoms with Crippen molar-refractivity contribution in [2.24, 2.45) is 10.9 Å². The van der Waals surface area contributed by atoms with Gasteiger partial charge in [0, 0.05) is 18.8 Å². The minimum absolute atomic E-state index is 0.0547. The summed E-state index contributed by atoms with van der Waals surface area (Å²) in [6.45, 7) is 4.88. The number of nitrogens with one attached hydrogen (secondary N) is 1. The monoisotopic (exact) mass is 386 g/mol. The smallest absolute Gasteiger partial charge is 0.341 e. The number of nitrogens with zero attached hydrogens (tertiary/aromatic N) is 3. The van der Waals surface area contributed by atoms with E-state index in [-0.39, 0.29) is 23.9 Å². The number of amidine groups is 1. The highest BCUT2D eigenvalue weighted by atomic mass is 16.2. The number of amides is 3. The summed E-state index contributed by atoms with van der Waals surface area (Å²) in [6.07, 6.45) is 6.87. The van der Waals surface area contributed by atoms with E-state index in [9.17, 15) is 9.59 Å². The summed E-state index contributed by atoms with van der Waals surface area (Å²) in [6, 6.07) is 16.0. The van der Waals surface area contributed by atoms with Gasteiger partial charge in [-0.15, -0.1) is 0 Å². The molecule has 6 heteroatoms. The highest BCUT2D eigenvalue weighted by molar-refractivity contribution is 6.26. The molecule has 0 aromatic heterocycles. The van der Waals surface area contributed by atoms with Gasteiger partial charge in [0.25, 0.3) is 5.91 Å². The van der Waals surface area contributed by atoms with Gasteiger partial charge in [0.15, 0.2) is 0 Å². The highest BCUT2D eigenvalue weighted by Crippen LogP contribution is 2.26. The quantitative estimate of drug-likeness (QED) is 0.821. The van der Waals surface area contributed by atoms with Gasteiger partial charge in [-0.2, -0.15) is 0 Å². The average Bonchev–Trinajstić information content (AvgIpc) is 3.18. The van der Waals surface area contributed by atoms with Gasteiger partial charge < -0.3 is 5.32 Å². The first-order valence-electron chi connectivity index (χ1n) is 9.61. The summed E-state index contributed by atoms with van der Waals surface area (Å²) < 4.78 is 0. The number of fused-ring (bicyclic) bond motifs is 2. The van der Waals surface area contributed by atoms with Gasteiger partial charge >= 0.3 is 6.03 Å². The molecule has 2 heterocycles. The Labute approximate surface area is 169 Å². The molecule has 0 saturated carbocycles. The van der Waals surface area contributed by atoms with Crippen molar-refractivity contribution in [3.05, 3.63) is 59.8 Å². The Morgan fingerprint density at radius 1 is 1.28 bits per heavy atom. The van der Waals surface area contributed by atoms with Crippen LogP contribution < -0.4 is 5.32 Å². The van der Waals surface area contributed by atoms with Gasteiger partial charge in [0.05, 0.1) is 18.2 Å². The normalized spacial score (nSPS) is 18.4. The average molecular weight is 386 g/mol. The molecule has 1 atom stereocenters. The van der Waals surface area contributed by atoms with E-state index in [2.05, 4.69) is 16.4 Å². The first-order valence-corrected chi connectivity index (χ1v) is 9.61. The lowest BCUT2D eigenvalue weighted by atomic mass is 10.0. The van der Waals surface area contributed by atoms with Crippen LogP contribution in [0, 0.1) is 18.4 Å². The van der Waals surface area contributed by atoms with Gasteiger partial charge in [-0.1, -0.05) is 62.7 Å². The number of hydrogen-bond acceptors (Lipinski definition) is 3. The minimum atomic E-state index is -0.347. The molecule has 3 amide bonds. The Morgan fingerprint density at radius 3 is 2.79 bits per heavy atom.